The van der Waals surface area contributed by atoms with E-state index in [0.717, 1.165) is 38.7 Å². The van der Waals surface area contributed by atoms with Gasteiger partial charge >= 0.3 is 0 Å². The zero-order valence-corrected chi connectivity index (χ0v) is 56.2. The highest BCUT2D eigenvalue weighted by Crippen LogP contribution is 2.45. The van der Waals surface area contributed by atoms with Crippen molar-refractivity contribution in [3.63, 3.8) is 0 Å². The first-order valence-electron chi connectivity index (χ1n) is 35.8. The molecule has 0 spiro atoms. The van der Waals surface area contributed by atoms with Crippen molar-refractivity contribution >= 4 is 152 Å². The average molecular weight is 1300 g/mol. The summed E-state index contributed by atoms with van der Waals surface area (Å²) in [6.07, 6.45) is 0. The van der Waals surface area contributed by atoms with Crippen LogP contribution in [0.25, 0.3) is 197 Å². The average Bonchev–Trinajstić information content (AvgIpc) is 1.18. The minimum absolute atomic E-state index is 0.512. The van der Waals surface area contributed by atoms with Crippen LogP contribution >= 0.6 is 0 Å². The highest BCUT2D eigenvalue weighted by molar-refractivity contribution is 6.27. The Bertz CT molecular complexity index is 7260. The summed E-state index contributed by atoms with van der Waals surface area (Å²) in [5.41, 5.74) is 21.4. The van der Waals surface area contributed by atoms with Gasteiger partial charge in [0.25, 0.3) is 0 Å². The number of hydrogen-bond donors (Lipinski definition) is 0. The van der Waals surface area contributed by atoms with Gasteiger partial charge in [-0.25, -0.2) is 0 Å². The fourth-order valence-electron chi connectivity index (χ4n) is 17.2. The van der Waals surface area contributed by atoms with Crippen LogP contribution in [0, 0.1) is 13.8 Å². The molecule has 0 saturated carbocycles. The summed E-state index contributed by atoms with van der Waals surface area (Å²) in [7, 11) is 0. The zero-order valence-electron chi connectivity index (χ0n) is 57.2. The van der Waals surface area contributed by atoms with Crippen molar-refractivity contribution in [3.05, 3.63) is 363 Å². The maximum Gasteiger partial charge on any atom is 0.0623 e. The van der Waals surface area contributed by atoms with Crippen molar-refractivity contribution in [1.82, 2.24) is 18.3 Å². The molecule has 0 aliphatic heterocycles. The number of benzene rings is 18. The molecule has 4 heterocycles. The SMILES string of the molecule is Cc1ccc2c(c1)c1cc(-c3ccc4c(c3)c3ccccc3n4-c3ccc4c5ccccc5c5ccccc5c4c3)ccc1n2-c1ccccc1.[2H]c1ccc2c(c1)c1cc(-c3ccc4c(c3)c3cc(C)ccc3n4-c3ccccc3)ccc1n2-c1ccc2c3ccccc3c3ccccc3c2c1. The van der Waals surface area contributed by atoms with Crippen LogP contribution in [0.3, 0.4) is 0 Å². The van der Waals surface area contributed by atoms with Crippen LogP contribution in [0.15, 0.2) is 352 Å². The Hall–Kier alpha value is -13.3. The van der Waals surface area contributed by atoms with E-state index in [-0.39, 0.29) is 0 Å². The third kappa shape index (κ3) is 8.82. The second kappa shape index (κ2) is 22.6. The van der Waals surface area contributed by atoms with Crippen molar-refractivity contribution in [3.8, 4) is 45.0 Å². The Morgan fingerprint density at radius 3 is 0.794 bits per heavy atom. The molecule has 102 heavy (non-hydrogen) atoms. The second-order valence-electron chi connectivity index (χ2n) is 27.6. The van der Waals surface area contributed by atoms with E-state index in [1.54, 1.807) is 0 Å². The van der Waals surface area contributed by atoms with Gasteiger partial charge in [0.1, 0.15) is 0 Å². The lowest BCUT2D eigenvalue weighted by atomic mass is 9.94. The van der Waals surface area contributed by atoms with Gasteiger partial charge in [0.15, 0.2) is 0 Å². The number of para-hydroxylation sites is 4. The molecule has 22 rings (SSSR count). The zero-order chi connectivity index (χ0) is 68.1. The predicted molar refractivity (Wildman–Crippen MR) is 436 cm³/mol. The van der Waals surface area contributed by atoms with Gasteiger partial charge in [0.05, 0.1) is 45.5 Å². The standard InChI is InChI=1S/2C49H32N2/c2*1-31-19-24-47-43(27-31)45-29-33(21-26-49(45)50(47)34-11-3-2-4-12-34)32-20-25-48-44(28-32)41-17-9-10-18-46(41)51(48)35-22-23-40-38-15-6-5-13-36(38)37-14-7-8-16-39(37)42(40)30-35/h2*2-30H,1H3/i9D;. The van der Waals surface area contributed by atoms with E-state index < -0.39 is 0 Å². The van der Waals surface area contributed by atoms with Gasteiger partial charge in [-0.15, -0.1) is 0 Å². The van der Waals surface area contributed by atoms with Crippen LogP contribution in [0.2, 0.25) is 0 Å². The normalized spacial score (nSPS) is 12.2. The molecule has 0 fully saturated rings. The van der Waals surface area contributed by atoms with Gasteiger partial charge in [-0.05, 0) is 234 Å². The number of nitrogens with zero attached hydrogens (tertiary/aromatic N) is 4. The van der Waals surface area contributed by atoms with E-state index in [1.807, 2.05) is 12.1 Å². The predicted octanol–water partition coefficient (Wildman–Crippen LogP) is 26.6. The van der Waals surface area contributed by atoms with Crippen molar-refractivity contribution in [2.24, 2.45) is 0 Å². The number of aromatic nitrogens is 4. The molecule has 0 aliphatic rings. The van der Waals surface area contributed by atoms with E-state index in [2.05, 4.69) is 366 Å². The van der Waals surface area contributed by atoms with Gasteiger partial charge in [-0.2, -0.15) is 0 Å². The van der Waals surface area contributed by atoms with Crippen molar-refractivity contribution in [1.29, 1.82) is 0 Å². The van der Waals surface area contributed by atoms with Crippen LogP contribution in [0.4, 0.5) is 0 Å². The molecule has 0 saturated heterocycles. The first kappa shape index (κ1) is 56.7. The minimum Gasteiger partial charge on any atom is -0.309 e. The topological polar surface area (TPSA) is 19.7 Å². The van der Waals surface area contributed by atoms with Crippen LogP contribution < -0.4 is 0 Å². The Kier molecular flexibility index (Phi) is 12.6. The first-order valence-corrected chi connectivity index (χ1v) is 35.3. The lowest BCUT2D eigenvalue weighted by Crippen LogP contribution is -1.94. The number of fused-ring (bicyclic) bond motifs is 24. The molecule has 18 aromatic carbocycles. The number of rotatable bonds is 6. The highest BCUT2D eigenvalue weighted by Gasteiger charge is 2.21. The monoisotopic (exact) mass is 1300 g/mol. The quantitative estimate of drug-likeness (QED) is 0.148. The Labute approximate surface area is 589 Å². The van der Waals surface area contributed by atoms with E-state index in [0.29, 0.717) is 6.04 Å². The largest absolute Gasteiger partial charge is 0.309 e. The van der Waals surface area contributed by atoms with Crippen LogP contribution in [0.5, 0.6) is 0 Å². The molecule has 0 radical (unpaired) electrons. The van der Waals surface area contributed by atoms with Gasteiger partial charge in [0, 0.05) is 65.8 Å². The van der Waals surface area contributed by atoms with E-state index in [4.69, 9.17) is 1.37 Å². The molecule has 0 atom stereocenters. The summed E-state index contributed by atoms with van der Waals surface area (Å²) in [6, 6.07) is 127. The molecule has 4 aromatic heterocycles. The molecule has 22 aromatic rings. The molecule has 476 valence electrons. The minimum atomic E-state index is 0.512. The molecule has 0 bridgehead atoms. The van der Waals surface area contributed by atoms with Crippen LogP contribution in [-0.4, -0.2) is 18.3 Å². The van der Waals surface area contributed by atoms with Crippen LogP contribution in [0.1, 0.15) is 12.5 Å². The molecule has 0 aliphatic carbocycles. The number of hydrogen-bond acceptors (Lipinski definition) is 0. The Morgan fingerprint density at radius 1 is 0.167 bits per heavy atom. The van der Waals surface area contributed by atoms with Gasteiger partial charge < -0.3 is 18.3 Å². The molecule has 0 N–H and O–H groups in total. The molecule has 4 heteroatoms. The second-order valence-corrected chi connectivity index (χ2v) is 27.6. The van der Waals surface area contributed by atoms with Gasteiger partial charge in [-0.3, -0.25) is 0 Å². The van der Waals surface area contributed by atoms with E-state index in [1.165, 1.54) is 169 Å². The van der Waals surface area contributed by atoms with Gasteiger partial charge in [0.2, 0.25) is 0 Å². The lowest BCUT2D eigenvalue weighted by molar-refractivity contribution is 1.18. The fraction of sp³-hybridized carbons (Fsp3) is 0.0204. The smallest absolute Gasteiger partial charge is 0.0623 e. The summed E-state index contributed by atoms with van der Waals surface area (Å²) in [5, 5.41) is 25.1. The van der Waals surface area contributed by atoms with Gasteiger partial charge in [-0.1, -0.05) is 229 Å². The third-order valence-corrected chi connectivity index (χ3v) is 21.8. The summed E-state index contributed by atoms with van der Waals surface area (Å²) in [5.74, 6) is 0. The Morgan fingerprint density at radius 2 is 0.422 bits per heavy atom. The van der Waals surface area contributed by atoms with E-state index >= 15 is 0 Å². The highest BCUT2D eigenvalue weighted by atomic mass is 15.0. The molecule has 4 nitrogen and oxygen atoms in total. The van der Waals surface area contributed by atoms with E-state index in [9.17, 15) is 0 Å². The molecular weight excluding hydrogens is 1230 g/mol. The first-order chi connectivity index (χ1) is 50.8. The molecular formula is C98H64N4. The molecule has 0 unspecified atom stereocenters. The maximum atomic E-state index is 8.60. The fourth-order valence-corrected chi connectivity index (χ4v) is 17.2. The summed E-state index contributed by atoms with van der Waals surface area (Å²) in [4.78, 5) is 0. The third-order valence-electron chi connectivity index (χ3n) is 21.8. The lowest BCUT2D eigenvalue weighted by Gasteiger charge is -2.14. The van der Waals surface area contributed by atoms with Crippen LogP contribution in [-0.2, 0) is 0 Å². The number of aryl methyl sites for hydroxylation is 2. The van der Waals surface area contributed by atoms with Crippen molar-refractivity contribution in [2.45, 2.75) is 13.8 Å². The van der Waals surface area contributed by atoms with Crippen molar-refractivity contribution < 1.29 is 1.37 Å². The summed E-state index contributed by atoms with van der Waals surface area (Å²) >= 11 is 0. The van der Waals surface area contributed by atoms with Crippen molar-refractivity contribution in [2.75, 3.05) is 0 Å². The Balaban J connectivity index is 0.000000134. The summed E-state index contributed by atoms with van der Waals surface area (Å²) < 4.78 is 18.2. The maximum absolute atomic E-state index is 8.60. The summed E-state index contributed by atoms with van der Waals surface area (Å²) in [6.45, 7) is 4.35. The molecule has 0 amide bonds.